The minimum Gasteiger partial charge on any atom is -0.402 e. The first-order valence-electron chi connectivity index (χ1n) is 2.57. The smallest absolute Gasteiger partial charge is 0.135 e. The molecule has 0 aromatic rings. The Bertz CT molecular complexity index is 116. The third-order valence-corrected chi connectivity index (χ3v) is 0.824. The van der Waals surface area contributed by atoms with Crippen LogP contribution in [-0.4, -0.2) is 5.78 Å². The van der Waals surface area contributed by atoms with Crippen molar-refractivity contribution in [3.05, 3.63) is 11.8 Å². The Kier molecular flexibility index (Phi) is 2.92. The summed E-state index contributed by atoms with van der Waals surface area (Å²) in [5.41, 5.74) is 5.96. The van der Waals surface area contributed by atoms with Crippen molar-refractivity contribution in [1.82, 2.24) is 0 Å². The van der Waals surface area contributed by atoms with Gasteiger partial charge in [-0.1, -0.05) is 6.08 Å². The van der Waals surface area contributed by atoms with Crippen LogP contribution >= 0.6 is 0 Å². The number of allylic oxidation sites excluding steroid dienone is 2. The number of carbonyl (C=O) groups excluding carboxylic acids is 1. The maximum atomic E-state index is 10.3. The Morgan fingerprint density at radius 1 is 1.75 bits per heavy atom. The first-order valence-corrected chi connectivity index (χ1v) is 2.57. The van der Waals surface area contributed by atoms with E-state index >= 15 is 0 Å². The molecule has 0 fully saturated rings. The Morgan fingerprint density at radius 3 is 2.38 bits per heavy atom. The summed E-state index contributed by atoms with van der Waals surface area (Å²) in [6, 6.07) is 0. The normalized spacial score (nSPS) is 11.5. The van der Waals surface area contributed by atoms with Crippen molar-refractivity contribution in [3.8, 4) is 0 Å². The highest BCUT2D eigenvalue weighted by atomic mass is 16.1. The number of rotatable bonds is 2. The van der Waals surface area contributed by atoms with Crippen molar-refractivity contribution in [2.75, 3.05) is 0 Å². The molecule has 0 aromatic heterocycles. The van der Waals surface area contributed by atoms with Gasteiger partial charge < -0.3 is 5.73 Å². The first-order chi connectivity index (χ1) is 3.66. The summed E-state index contributed by atoms with van der Waals surface area (Å²) in [6.07, 6.45) is 2.12. The van der Waals surface area contributed by atoms with Crippen molar-refractivity contribution in [1.29, 1.82) is 0 Å². The monoisotopic (exact) mass is 113 g/mol. The van der Waals surface area contributed by atoms with Crippen LogP contribution in [0.2, 0.25) is 0 Å². The van der Waals surface area contributed by atoms with Crippen LogP contribution in [0.15, 0.2) is 11.8 Å². The van der Waals surface area contributed by atoms with E-state index in [1.807, 2.05) is 6.92 Å². The van der Waals surface area contributed by atoms with E-state index in [-0.39, 0.29) is 5.78 Å². The molecule has 0 rings (SSSR count). The molecule has 0 atom stereocenters. The van der Waals surface area contributed by atoms with E-state index in [9.17, 15) is 4.79 Å². The van der Waals surface area contributed by atoms with Gasteiger partial charge in [0, 0.05) is 12.1 Å². The summed E-state index contributed by atoms with van der Waals surface area (Å²) in [7, 11) is 0. The Morgan fingerprint density at radius 2 is 2.25 bits per heavy atom. The number of carbonyl (C=O) groups is 1. The van der Waals surface area contributed by atoms with Crippen LogP contribution in [0, 0.1) is 0 Å². The fraction of sp³-hybridized carbons (Fsp3) is 0.500. The molecule has 2 heteroatoms. The molecule has 0 saturated heterocycles. The van der Waals surface area contributed by atoms with Crippen LogP contribution < -0.4 is 5.73 Å². The second kappa shape index (κ2) is 3.24. The molecule has 0 bridgehead atoms. The Hall–Kier alpha value is -0.790. The Balaban J connectivity index is 3.56. The molecule has 0 saturated carbocycles. The third kappa shape index (κ3) is 3.40. The van der Waals surface area contributed by atoms with Gasteiger partial charge in [0.2, 0.25) is 0 Å². The maximum absolute atomic E-state index is 10.3. The predicted octanol–water partition coefficient (Wildman–Crippen LogP) is 0.828. The average molecular weight is 113 g/mol. The van der Waals surface area contributed by atoms with Crippen molar-refractivity contribution < 1.29 is 4.79 Å². The van der Waals surface area contributed by atoms with E-state index in [1.54, 1.807) is 6.08 Å². The van der Waals surface area contributed by atoms with Gasteiger partial charge in [0.25, 0.3) is 0 Å². The lowest BCUT2D eigenvalue weighted by Gasteiger charge is -1.91. The lowest BCUT2D eigenvalue weighted by molar-refractivity contribution is -0.116. The first kappa shape index (κ1) is 7.21. The van der Waals surface area contributed by atoms with Crippen molar-refractivity contribution >= 4 is 5.78 Å². The minimum atomic E-state index is 0.112. The van der Waals surface area contributed by atoms with Gasteiger partial charge in [0.15, 0.2) is 0 Å². The number of ketones is 1. The fourth-order valence-corrected chi connectivity index (χ4v) is 0.390. The molecule has 46 valence electrons. The molecular formula is C6H11NO. The van der Waals surface area contributed by atoms with Gasteiger partial charge in [-0.05, 0) is 13.8 Å². The van der Waals surface area contributed by atoms with E-state index in [2.05, 4.69) is 0 Å². The van der Waals surface area contributed by atoms with Gasteiger partial charge in [0.05, 0.1) is 0 Å². The zero-order chi connectivity index (χ0) is 6.57. The summed E-state index contributed by atoms with van der Waals surface area (Å²) < 4.78 is 0. The molecule has 0 heterocycles. The fourth-order valence-electron chi connectivity index (χ4n) is 0.390. The number of hydrogen-bond acceptors (Lipinski definition) is 2. The average Bonchev–Trinajstić information content (AvgIpc) is 1.65. The molecule has 2 N–H and O–H groups in total. The molecule has 0 unspecified atom stereocenters. The van der Waals surface area contributed by atoms with Crippen molar-refractivity contribution in [2.24, 2.45) is 5.73 Å². The molecule has 0 amide bonds. The molecule has 0 aromatic carbocycles. The highest BCUT2D eigenvalue weighted by Crippen LogP contribution is 1.90. The second-order valence-corrected chi connectivity index (χ2v) is 1.74. The van der Waals surface area contributed by atoms with E-state index in [0.717, 1.165) is 0 Å². The highest BCUT2D eigenvalue weighted by Gasteiger charge is 1.91. The topological polar surface area (TPSA) is 43.1 Å². The quantitative estimate of drug-likeness (QED) is 0.576. The van der Waals surface area contributed by atoms with Crippen molar-refractivity contribution in [2.45, 2.75) is 20.3 Å². The van der Waals surface area contributed by atoms with Crippen LogP contribution in [-0.2, 0) is 4.79 Å². The summed E-state index contributed by atoms with van der Waals surface area (Å²) in [5, 5.41) is 0. The van der Waals surface area contributed by atoms with E-state index in [0.29, 0.717) is 12.1 Å². The van der Waals surface area contributed by atoms with Gasteiger partial charge >= 0.3 is 0 Å². The van der Waals surface area contributed by atoms with E-state index in [4.69, 9.17) is 5.73 Å². The molecule has 8 heavy (non-hydrogen) atoms. The SMILES string of the molecule is C/C=C(\N)CC(C)=O. The van der Waals surface area contributed by atoms with Crippen LogP contribution in [0.25, 0.3) is 0 Å². The molecule has 0 spiro atoms. The van der Waals surface area contributed by atoms with Crippen LogP contribution in [0.4, 0.5) is 0 Å². The van der Waals surface area contributed by atoms with Crippen LogP contribution in [0.5, 0.6) is 0 Å². The second-order valence-electron chi connectivity index (χ2n) is 1.74. The van der Waals surface area contributed by atoms with E-state index < -0.39 is 0 Å². The lowest BCUT2D eigenvalue weighted by Crippen LogP contribution is -2.01. The summed E-state index contributed by atoms with van der Waals surface area (Å²) >= 11 is 0. The summed E-state index contributed by atoms with van der Waals surface area (Å²) in [5.74, 6) is 0.112. The highest BCUT2D eigenvalue weighted by molar-refractivity contribution is 5.77. The lowest BCUT2D eigenvalue weighted by atomic mass is 10.2. The van der Waals surface area contributed by atoms with Gasteiger partial charge in [0.1, 0.15) is 5.78 Å². The van der Waals surface area contributed by atoms with Gasteiger partial charge in [-0.2, -0.15) is 0 Å². The number of Topliss-reactive ketones (excluding diaryl/α,β-unsaturated/α-hetero) is 1. The molecule has 0 aliphatic carbocycles. The van der Waals surface area contributed by atoms with Gasteiger partial charge in [-0.25, -0.2) is 0 Å². The maximum Gasteiger partial charge on any atom is 0.135 e. The molecular weight excluding hydrogens is 102 g/mol. The van der Waals surface area contributed by atoms with Crippen molar-refractivity contribution in [3.63, 3.8) is 0 Å². The van der Waals surface area contributed by atoms with Crippen LogP contribution in [0.1, 0.15) is 20.3 Å². The molecule has 0 aliphatic heterocycles. The minimum absolute atomic E-state index is 0.112. The number of hydrogen-bond donors (Lipinski definition) is 1. The third-order valence-electron chi connectivity index (χ3n) is 0.824. The largest absolute Gasteiger partial charge is 0.402 e. The van der Waals surface area contributed by atoms with E-state index in [1.165, 1.54) is 6.92 Å². The summed E-state index contributed by atoms with van der Waals surface area (Å²) in [6.45, 7) is 3.34. The van der Waals surface area contributed by atoms with Gasteiger partial charge in [-0.3, -0.25) is 4.79 Å². The number of nitrogens with two attached hydrogens (primary N) is 1. The van der Waals surface area contributed by atoms with Crippen LogP contribution in [0.3, 0.4) is 0 Å². The zero-order valence-electron chi connectivity index (χ0n) is 5.27. The van der Waals surface area contributed by atoms with Gasteiger partial charge in [-0.15, -0.1) is 0 Å². The standard InChI is InChI=1S/C6H11NO/c1-3-6(7)4-5(2)8/h3H,4,7H2,1-2H3/b6-3-. The molecule has 0 aliphatic rings. The Labute approximate surface area is 49.4 Å². The predicted molar refractivity (Wildman–Crippen MR) is 33.2 cm³/mol. The molecule has 0 radical (unpaired) electrons. The zero-order valence-corrected chi connectivity index (χ0v) is 5.27. The molecule has 2 nitrogen and oxygen atoms in total. The summed E-state index contributed by atoms with van der Waals surface area (Å²) in [4.78, 5) is 10.3.